The van der Waals surface area contributed by atoms with Crippen molar-refractivity contribution in [2.45, 2.75) is 6.04 Å². The van der Waals surface area contributed by atoms with Crippen LogP contribution in [0.25, 0.3) is 5.76 Å². The van der Waals surface area contributed by atoms with Gasteiger partial charge < -0.3 is 19.7 Å². The van der Waals surface area contributed by atoms with E-state index in [-0.39, 0.29) is 28.2 Å². The molecule has 1 heterocycles. The number of anilines is 1. The Balaban J connectivity index is 1.98. The van der Waals surface area contributed by atoms with Gasteiger partial charge in [0.2, 0.25) is 0 Å². The Bertz CT molecular complexity index is 1340. The number of phenols is 1. The number of aromatic hydroxyl groups is 1. The van der Waals surface area contributed by atoms with Gasteiger partial charge in [0.1, 0.15) is 23.1 Å². The van der Waals surface area contributed by atoms with Crippen molar-refractivity contribution in [3.05, 3.63) is 89.0 Å². The van der Waals surface area contributed by atoms with Crippen LogP contribution in [0, 0.1) is 11.6 Å². The quantitative estimate of drug-likeness (QED) is 0.330. The number of nitrogens with zero attached hydrogens (tertiary/aromatic N) is 1. The number of aliphatic hydroxyl groups excluding tert-OH is 1. The zero-order valence-electron chi connectivity index (χ0n) is 18.1. The number of phenolic OH excluding ortho intramolecular Hbond substituents is 1. The average molecular weight is 467 g/mol. The first-order valence-electron chi connectivity index (χ1n) is 10.0. The largest absolute Gasteiger partial charge is 0.508 e. The van der Waals surface area contributed by atoms with E-state index in [1.54, 1.807) is 0 Å². The Hall–Kier alpha value is -4.40. The van der Waals surface area contributed by atoms with E-state index in [1.165, 1.54) is 56.7 Å². The standard InChI is InChI=1S/C25H19F2NO6/c1-33-19-9-6-14(11-20(19)34-2)23(30)21-22(13-4-3-5-16(29)10-13)28(25(32)24(21)31)18-12-15(26)7-8-17(18)27/h3-12,22,29-30H,1-2H3/b23-21+. The Morgan fingerprint density at radius 3 is 2.35 bits per heavy atom. The van der Waals surface area contributed by atoms with E-state index in [1.807, 2.05) is 0 Å². The summed E-state index contributed by atoms with van der Waals surface area (Å²) in [6, 6.07) is 11.1. The highest BCUT2D eigenvalue weighted by molar-refractivity contribution is 6.51. The van der Waals surface area contributed by atoms with Crippen molar-refractivity contribution >= 4 is 23.1 Å². The third kappa shape index (κ3) is 3.81. The second kappa shape index (κ2) is 8.86. The van der Waals surface area contributed by atoms with Crippen molar-refractivity contribution in [3.8, 4) is 17.2 Å². The number of rotatable bonds is 5. The fourth-order valence-electron chi connectivity index (χ4n) is 3.90. The summed E-state index contributed by atoms with van der Waals surface area (Å²) in [5.74, 6) is -4.17. The molecule has 1 amide bonds. The van der Waals surface area contributed by atoms with Crippen molar-refractivity contribution in [1.82, 2.24) is 0 Å². The smallest absolute Gasteiger partial charge is 0.300 e. The van der Waals surface area contributed by atoms with Gasteiger partial charge in [-0.2, -0.15) is 0 Å². The number of ketones is 1. The minimum Gasteiger partial charge on any atom is -0.508 e. The van der Waals surface area contributed by atoms with Crippen molar-refractivity contribution in [1.29, 1.82) is 0 Å². The highest BCUT2D eigenvalue weighted by atomic mass is 19.1. The maximum atomic E-state index is 14.7. The van der Waals surface area contributed by atoms with Crippen molar-refractivity contribution < 1.29 is 38.1 Å². The van der Waals surface area contributed by atoms with Crippen molar-refractivity contribution in [3.63, 3.8) is 0 Å². The first-order valence-corrected chi connectivity index (χ1v) is 10.0. The van der Waals surface area contributed by atoms with E-state index in [0.29, 0.717) is 5.75 Å². The van der Waals surface area contributed by atoms with Crippen LogP contribution in [0.2, 0.25) is 0 Å². The molecule has 1 aliphatic heterocycles. The van der Waals surface area contributed by atoms with Crippen LogP contribution in [0.15, 0.2) is 66.2 Å². The molecule has 174 valence electrons. The first-order chi connectivity index (χ1) is 16.3. The van der Waals surface area contributed by atoms with E-state index in [9.17, 15) is 28.6 Å². The van der Waals surface area contributed by atoms with Crippen LogP contribution in [0.4, 0.5) is 14.5 Å². The van der Waals surface area contributed by atoms with Gasteiger partial charge in [-0.05, 0) is 48.0 Å². The zero-order chi connectivity index (χ0) is 24.6. The number of ether oxygens (including phenoxy) is 2. The Kier molecular flexibility index (Phi) is 5.93. The Labute approximate surface area is 193 Å². The van der Waals surface area contributed by atoms with Crippen molar-refractivity contribution in [2.24, 2.45) is 0 Å². The van der Waals surface area contributed by atoms with Crippen LogP contribution in [-0.4, -0.2) is 36.1 Å². The molecule has 1 fully saturated rings. The highest BCUT2D eigenvalue weighted by Gasteiger charge is 2.48. The molecular formula is C25H19F2NO6. The van der Waals surface area contributed by atoms with E-state index in [0.717, 1.165) is 23.1 Å². The second-order valence-corrected chi connectivity index (χ2v) is 7.43. The normalized spacial score (nSPS) is 17.2. The molecule has 7 nitrogen and oxygen atoms in total. The maximum Gasteiger partial charge on any atom is 0.300 e. The molecule has 1 unspecified atom stereocenters. The van der Waals surface area contributed by atoms with Crippen LogP contribution in [0.5, 0.6) is 17.2 Å². The van der Waals surface area contributed by atoms with Crippen LogP contribution < -0.4 is 14.4 Å². The van der Waals surface area contributed by atoms with Gasteiger partial charge >= 0.3 is 0 Å². The molecule has 3 aromatic rings. The molecule has 9 heteroatoms. The minimum absolute atomic E-state index is 0.125. The number of hydrogen-bond donors (Lipinski definition) is 2. The van der Waals surface area contributed by atoms with Crippen LogP contribution in [-0.2, 0) is 9.59 Å². The summed E-state index contributed by atoms with van der Waals surface area (Å²) in [6.07, 6.45) is 0. The number of aliphatic hydroxyl groups is 1. The average Bonchev–Trinajstić information content (AvgIpc) is 3.10. The lowest BCUT2D eigenvalue weighted by molar-refractivity contribution is -0.132. The topological polar surface area (TPSA) is 96.3 Å². The van der Waals surface area contributed by atoms with Gasteiger partial charge in [-0.1, -0.05) is 12.1 Å². The number of Topliss-reactive ketones (excluding diaryl/α,β-unsaturated/α-hetero) is 1. The van der Waals surface area contributed by atoms with Crippen LogP contribution >= 0.6 is 0 Å². The van der Waals surface area contributed by atoms with E-state index in [2.05, 4.69) is 0 Å². The molecule has 1 aliphatic rings. The molecule has 4 rings (SSSR count). The van der Waals surface area contributed by atoms with Gasteiger partial charge in [-0.3, -0.25) is 14.5 Å². The fourth-order valence-corrected chi connectivity index (χ4v) is 3.90. The molecule has 0 spiro atoms. The molecule has 1 saturated heterocycles. The fraction of sp³-hybridized carbons (Fsp3) is 0.120. The van der Waals surface area contributed by atoms with Gasteiger partial charge in [-0.25, -0.2) is 8.78 Å². The molecule has 0 radical (unpaired) electrons. The molecule has 1 atom stereocenters. The summed E-state index contributed by atoms with van der Waals surface area (Å²) in [5.41, 5.74) is -0.529. The van der Waals surface area contributed by atoms with Gasteiger partial charge in [0, 0.05) is 11.6 Å². The first kappa shape index (κ1) is 22.8. The summed E-state index contributed by atoms with van der Waals surface area (Å²) in [5, 5.41) is 21.1. The molecule has 3 aromatic carbocycles. The second-order valence-electron chi connectivity index (χ2n) is 7.43. The minimum atomic E-state index is -1.35. The summed E-state index contributed by atoms with van der Waals surface area (Å²) >= 11 is 0. The Morgan fingerprint density at radius 2 is 1.68 bits per heavy atom. The molecule has 0 aliphatic carbocycles. The van der Waals surface area contributed by atoms with Gasteiger partial charge in [0.15, 0.2) is 11.5 Å². The lowest BCUT2D eigenvalue weighted by Crippen LogP contribution is -2.30. The third-order valence-corrected chi connectivity index (χ3v) is 5.46. The molecule has 0 bridgehead atoms. The predicted molar refractivity (Wildman–Crippen MR) is 119 cm³/mol. The van der Waals surface area contributed by atoms with Crippen LogP contribution in [0.3, 0.4) is 0 Å². The summed E-state index contributed by atoms with van der Waals surface area (Å²) in [4.78, 5) is 26.9. The van der Waals surface area contributed by atoms with Gasteiger partial charge in [-0.15, -0.1) is 0 Å². The number of amides is 1. The number of halogens is 2. The summed E-state index contributed by atoms with van der Waals surface area (Å²) in [6.45, 7) is 0. The molecule has 2 N–H and O–H groups in total. The molecular weight excluding hydrogens is 448 g/mol. The predicted octanol–water partition coefficient (Wildman–Crippen LogP) is 4.31. The number of carbonyl (C=O) groups is 2. The van der Waals surface area contributed by atoms with Gasteiger partial charge in [0.25, 0.3) is 11.7 Å². The van der Waals surface area contributed by atoms with Crippen molar-refractivity contribution in [2.75, 3.05) is 19.1 Å². The lowest BCUT2D eigenvalue weighted by atomic mass is 9.94. The number of methoxy groups -OCH3 is 2. The summed E-state index contributed by atoms with van der Waals surface area (Å²) < 4.78 is 39.1. The maximum absolute atomic E-state index is 14.7. The summed E-state index contributed by atoms with van der Waals surface area (Å²) in [7, 11) is 2.82. The van der Waals surface area contributed by atoms with Crippen LogP contribution in [0.1, 0.15) is 17.2 Å². The Morgan fingerprint density at radius 1 is 0.941 bits per heavy atom. The number of carbonyl (C=O) groups excluding carboxylic acids is 2. The zero-order valence-corrected chi connectivity index (χ0v) is 18.1. The molecule has 0 aromatic heterocycles. The SMILES string of the molecule is COc1ccc(/C(O)=C2\C(=O)C(=O)N(c3cc(F)ccc3F)C2c2cccc(O)c2)cc1OC. The number of benzene rings is 3. The monoisotopic (exact) mass is 467 g/mol. The molecule has 34 heavy (non-hydrogen) atoms. The number of hydrogen-bond acceptors (Lipinski definition) is 6. The van der Waals surface area contributed by atoms with E-state index in [4.69, 9.17) is 9.47 Å². The van der Waals surface area contributed by atoms with E-state index < -0.39 is 40.8 Å². The molecule has 0 saturated carbocycles. The highest BCUT2D eigenvalue weighted by Crippen LogP contribution is 2.44. The lowest BCUT2D eigenvalue weighted by Gasteiger charge is -2.26. The van der Waals surface area contributed by atoms with Gasteiger partial charge in [0.05, 0.1) is 31.5 Å². The third-order valence-electron chi connectivity index (χ3n) is 5.46. The van der Waals surface area contributed by atoms with E-state index >= 15 is 0 Å².